The van der Waals surface area contributed by atoms with Gasteiger partial charge in [0.2, 0.25) is 11.7 Å². The van der Waals surface area contributed by atoms with Gasteiger partial charge < -0.3 is 18.9 Å². The number of ether oxygens (including phenoxy) is 2. The minimum Gasteiger partial charge on any atom is -0.497 e. The zero-order valence-electron chi connectivity index (χ0n) is 16.7. The van der Waals surface area contributed by atoms with Crippen molar-refractivity contribution in [3.8, 4) is 22.9 Å². The zero-order valence-corrected chi connectivity index (χ0v) is 16.7. The Hall–Kier alpha value is -3.35. The van der Waals surface area contributed by atoms with Crippen LogP contribution in [-0.2, 0) is 0 Å². The van der Waals surface area contributed by atoms with Crippen molar-refractivity contribution in [1.29, 1.82) is 0 Å². The number of rotatable bonds is 5. The van der Waals surface area contributed by atoms with Gasteiger partial charge in [-0.25, -0.2) is 0 Å². The maximum atomic E-state index is 13.2. The topological polar surface area (TPSA) is 77.7 Å². The molecule has 0 spiro atoms. The Bertz CT molecular complexity index is 1010. The third-order valence-corrected chi connectivity index (χ3v) is 5.25. The largest absolute Gasteiger partial charge is 0.497 e. The van der Waals surface area contributed by atoms with Crippen molar-refractivity contribution in [2.24, 2.45) is 0 Å². The van der Waals surface area contributed by atoms with Crippen molar-refractivity contribution < 1.29 is 18.8 Å². The third kappa shape index (κ3) is 3.68. The Morgan fingerprint density at radius 2 is 1.83 bits per heavy atom. The number of amides is 1. The summed E-state index contributed by atoms with van der Waals surface area (Å²) >= 11 is 0. The van der Waals surface area contributed by atoms with E-state index in [2.05, 4.69) is 10.1 Å². The molecular weight excluding hydrogens is 370 g/mol. The van der Waals surface area contributed by atoms with E-state index in [0.717, 1.165) is 35.5 Å². The number of benzene rings is 2. The van der Waals surface area contributed by atoms with E-state index in [4.69, 9.17) is 14.0 Å². The molecule has 7 nitrogen and oxygen atoms in total. The van der Waals surface area contributed by atoms with Gasteiger partial charge in [-0.15, -0.1) is 0 Å². The fourth-order valence-electron chi connectivity index (χ4n) is 3.65. The number of aryl methyl sites for hydroxylation is 1. The summed E-state index contributed by atoms with van der Waals surface area (Å²) in [5.74, 6) is 2.44. The number of hydrogen-bond acceptors (Lipinski definition) is 6. The van der Waals surface area contributed by atoms with Crippen LogP contribution in [0.5, 0.6) is 11.5 Å². The fourth-order valence-corrected chi connectivity index (χ4v) is 3.65. The molecule has 2 heterocycles. The summed E-state index contributed by atoms with van der Waals surface area (Å²) in [5.41, 5.74) is 2.37. The molecule has 150 valence electrons. The number of aromatic nitrogens is 2. The molecular formula is C22H23N3O4. The van der Waals surface area contributed by atoms with Gasteiger partial charge >= 0.3 is 0 Å². The van der Waals surface area contributed by atoms with Crippen LogP contribution in [0.25, 0.3) is 11.4 Å². The van der Waals surface area contributed by atoms with Gasteiger partial charge in [0, 0.05) is 17.7 Å². The number of likely N-dealkylation sites (tertiary alicyclic amines) is 1. The van der Waals surface area contributed by atoms with Crippen LogP contribution in [0, 0.1) is 6.92 Å². The van der Waals surface area contributed by atoms with Crippen molar-refractivity contribution in [2.45, 2.75) is 25.8 Å². The maximum Gasteiger partial charge on any atom is 0.254 e. The molecule has 1 aromatic heterocycles. The summed E-state index contributed by atoms with van der Waals surface area (Å²) in [6.45, 7) is 2.57. The zero-order chi connectivity index (χ0) is 20.4. The first kappa shape index (κ1) is 19.0. The number of carbonyl (C=O) groups excluding carboxylic acids is 1. The van der Waals surface area contributed by atoms with E-state index in [1.807, 2.05) is 48.2 Å². The number of nitrogens with zero attached hydrogens (tertiary/aromatic N) is 3. The molecule has 7 heteroatoms. The molecule has 29 heavy (non-hydrogen) atoms. The van der Waals surface area contributed by atoms with Crippen molar-refractivity contribution in [3.63, 3.8) is 0 Å². The van der Waals surface area contributed by atoms with E-state index < -0.39 is 0 Å². The average Bonchev–Trinajstić information content (AvgIpc) is 3.42. The minimum absolute atomic E-state index is 0.0307. The van der Waals surface area contributed by atoms with Crippen molar-refractivity contribution in [1.82, 2.24) is 15.0 Å². The number of carbonyl (C=O) groups is 1. The maximum absolute atomic E-state index is 13.2. The number of hydrogen-bond donors (Lipinski definition) is 0. The summed E-state index contributed by atoms with van der Waals surface area (Å²) < 4.78 is 16.0. The highest BCUT2D eigenvalue weighted by Gasteiger charge is 2.35. The standard InChI is InChI=1S/C22H23N3O4/c1-14-13-17(28-3)10-11-18(14)22(26)25-12-4-5-19(25)21-23-20(24-29-21)15-6-8-16(27-2)9-7-15/h6-11,13,19H,4-5,12H2,1-3H3. The third-order valence-electron chi connectivity index (χ3n) is 5.25. The van der Waals surface area contributed by atoms with Crippen LogP contribution in [0.3, 0.4) is 0 Å². The first-order chi connectivity index (χ1) is 14.1. The van der Waals surface area contributed by atoms with Crippen LogP contribution in [0.2, 0.25) is 0 Å². The van der Waals surface area contributed by atoms with Crippen molar-refractivity contribution in [3.05, 3.63) is 59.5 Å². The van der Waals surface area contributed by atoms with E-state index in [9.17, 15) is 4.79 Å². The molecule has 1 fully saturated rings. The van der Waals surface area contributed by atoms with E-state index in [1.165, 1.54) is 0 Å². The summed E-state index contributed by atoms with van der Waals surface area (Å²) in [6, 6.07) is 12.7. The second-order valence-electron chi connectivity index (χ2n) is 7.02. The lowest BCUT2D eigenvalue weighted by Gasteiger charge is -2.23. The minimum atomic E-state index is -0.219. The Morgan fingerprint density at radius 3 is 2.52 bits per heavy atom. The highest BCUT2D eigenvalue weighted by atomic mass is 16.5. The Kier molecular flexibility index (Phi) is 5.20. The monoisotopic (exact) mass is 393 g/mol. The molecule has 0 aliphatic carbocycles. The highest BCUT2D eigenvalue weighted by molar-refractivity contribution is 5.96. The van der Waals surface area contributed by atoms with Crippen LogP contribution < -0.4 is 9.47 Å². The highest BCUT2D eigenvalue weighted by Crippen LogP contribution is 2.34. The van der Waals surface area contributed by atoms with Crippen molar-refractivity contribution >= 4 is 5.91 Å². The molecule has 1 unspecified atom stereocenters. The summed E-state index contributed by atoms with van der Waals surface area (Å²) in [6.07, 6.45) is 1.69. The lowest BCUT2D eigenvalue weighted by atomic mass is 10.1. The van der Waals surface area contributed by atoms with Crippen LogP contribution in [0.4, 0.5) is 0 Å². The van der Waals surface area contributed by atoms with Crippen molar-refractivity contribution in [2.75, 3.05) is 20.8 Å². The predicted molar refractivity (Wildman–Crippen MR) is 107 cm³/mol. The lowest BCUT2D eigenvalue weighted by Crippen LogP contribution is -2.31. The van der Waals surface area contributed by atoms with E-state index in [0.29, 0.717) is 23.8 Å². The molecule has 1 amide bonds. The van der Waals surface area contributed by atoms with E-state index >= 15 is 0 Å². The molecule has 0 radical (unpaired) electrons. The molecule has 3 aromatic rings. The van der Waals surface area contributed by atoms with Gasteiger partial charge in [0.1, 0.15) is 17.5 Å². The van der Waals surface area contributed by atoms with Gasteiger partial charge in [0.15, 0.2) is 0 Å². The Labute approximate surface area is 169 Å². The molecule has 1 atom stereocenters. The first-order valence-electron chi connectivity index (χ1n) is 9.54. The number of methoxy groups -OCH3 is 2. The van der Waals surface area contributed by atoms with Gasteiger partial charge in [-0.3, -0.25) is 4.79 Å². The van der Waals surface area contributed by atoms with Gasteiger partial charge in [-0.2, -0.15) is 4.98 Å². The molecule has 0 saturated carbocycles. The van der Waals surface area contributed by atoms with Crippen LogP contribution >= 0.6 is 0 Å². The normalized spacial score (nSPS) is 16.1. The SMILES string of the molecule is COc1ccc(-c2noc(C3CCCN3C(=O)c3ccc(OC)cc3C)n2)cc1. The van der Waals surface area contributed by atoms with Gasteiger partial charge in [-0.05, 0) is 67.8 Å². The molecule has 1 aliphatic rings. The van der Waals surface area contributed by atoms with E-state index in [1.54, 1.807) is 20.3 Å². The summed E-state index contributed by atoms with van der Waals surface area (Å²) in [4.78, 5) is 19.6. The second-order valence-corrected chi connectivity index (χ2v) is 7.02. The van der Waals surface area contributed by atoms with Gasteiger partial charge in [0.05, 0.1) is 14.2 Å². The van der Waals surface area contributed by atoms with Crippen LogP contribution in [0.1, 0.15) is 40.7 Å². The van der Waals surface area contributed by atoms with Crippen LogP contribution in [-0.4, -0.2) is 41.7 Å². The van der Waals surface area contributed by atoms with E-state index in [-0.39, 0.29) is 11.9 Å². The average molecular weight is 393 g/mol. The first-order valence-corrected chi connectivity index (χ1v) is 9.54. The van der Waals surface area contributed by atoms with Gasteiger partial charge in [0.25, 0.3) is 5.91 Å². The molecule has 0 bridgehead atoms. The summed E-state index contributed by atoms with van der Waals surface area (Å²) in [7, 11) is 3.24. The quantitative estimate of drug-likeness (QED) is 0.651. The molecule has 2 aromatic carbocycles. The lowest BCUT2D eigenvalue weighted by molar-refractivity contribution is 0.0709. The molecule has 4 rings (SSSR count). The summed E-state index contributed by atoms with van der Waals surface area (Å²) in [5, 5.41) is 4.11. The van der Waals surface area contributed by atoms with Gasteiger partial charge in [-0.1, -0.05) is 5.16 Å². The molecule has 0 N–H and O–H groups in total. The second kappa shape index (κ2) is 7.95. The Balaban J connectivity index is 1.57. The smallest absolute Gasteiger partial charge is 0.254 e. The molecule has 1 aliphatic heterocycles. The fraction of sp³-hybridized carbons (Fsp3) is 0.318. The Morgan fingerprint density at radius 1 is 1.10 bits per heavy atom. The molecule has 1 saturated heterocycles. The predicted octanol–water partition coefficient (Wildman–Crippen LogP) is 4.04. The van der Waals surface area contributed by atoms with Crippen LogP contribution in [0.15, 0.2) is 47.0 Å².